The summed E-state index contributed by atoms with van der Waals surface area (Å²) in [5.74, 6) is -0.897. The molecule has 1 fully saturated rings. The Bertz CT molecular complexity index is 589. The first kappa shape index (κ1) is 15.5. The van der Waals surface area contributed by atoms with Gasteiger partial charge in [0.1, 0.15) is 4.90 Å². The first-order chi connectivity index (χ1) is 9.40. The summed E-state index contributed by atoms with van der Waals surface area (Å²) in [6.45, 7) is 1.40. The molecule has 0 radical (unpaired) electrons. The number of ether oxygens (including phenoxy) is 1. The highest BCUT2D eigenvalue weighted by Gasteiger charge is 2.23. The Balaban J connectivity index is 2.14. The predicted octanol–water partition coefficient (Wildman–Crippen LogP) is 1.77. The number of rotatable bonds is 4. The molecular formula is C12H16ClFN2O3S. The van der Waals surface area contributed by atoms with Gasteiger partial charge in [0, 0.05) is 18.8 Å². The van der Waals surface area contributed by atoms with E-state index < -0.39 is 20.7 Å². The second kappa shape index (κ2) is 6.26. The fourth-order valence-electron chi connectivity index (χ4n) is 2.05. The molecule has 1 heterocycles. The van der Waals surface area contributed by atoms with Crippen molar-refractivity contribution in [3.8, 4) is 0 Å². The zero-order valence-corrected chi connectivity index (χ0v) is 12.3. The van der Waals surface area contributed by atoms with Crippen LogP contribution in [0, 0.1) is 11.7 Å². The van der Waals surface area contributed by atoms with Gasteiger partial charge in [-0.1, -0.05) is 11.6 Å². The van der Waals surface area contributed by atoms with E-state index >= 15 is 0 Å². The third kappa shape index (κ3) is 3.60. The summed E-state index contributed by atoms with van der Waals surface area (Å²) in [6.07, 6.45) is 1.77. The van der Waals surface area contributed by atoms with Gasteiger partial charge in [0.05, 0.1) is 11.6 Å². The molecule has 0 bridgehead atoms. The summed E-state index contributed by atoms with van der Waals surface area (Å²) in [5.41, 5.74) is 5.60. The highest BCUT2D eigenvalue weighted by Crippen LogP contribution is 2.25. The van der Waals surface area contributed by atoms with Crippen LogP contribution in [0.5, 0.6) is 0 Å². The van der Waals surface area contributed by atoms with Crippen LogP contribution < -0.4 is 10.5 Å². The van der Waals surface area contributed by atoms with Crippen LogP contribution in [0.1, 0.15) is 12.8 Å². The molecular weight excluding hydrogens is 307 g/mol. The Hall–Kier alpha value is -0.890. The molecule has 1 aromatic carbocycles. The molecule has 112 valence electrons. The predicted molar refractivity (Wildman–Crippen MR) is 74.6 cm³/mol. The summed E-state index contributed by atoms with van der Waals surface area (Å²) >= 11 is 5.61. The monoisotopic (exact) mass is 322 g/mol. The minimum atomic E-state index is -3.98. The molecule has 5 nitrogen and oxygen atoms in total. The zero-order valence-electron chi connectivity index (χ0n) is 10.7. The average Bonchev–Trinajstić information content (AvgIpc) is 2.42. The fraction of sp³-hybridized carbons (Fsp3) is 0.500. The molecule has 1 aliphatic rings. The van der Waals surface area contributed by atoms with Crippen molar-refractivity contribution in [1.82, 2.24) is 4.72 Å². The van der Waals surface area contributed by atoms with E-state index in [1.807, 2.05) is 0 Å². The first-order valence-corrected chi connectivity index (χ1v) is 8.08. The highest BCUT2D eigenvalue weighted by atomic mass is 35.5. The van der Waals surface area contributed by atoms with Gasteiger partial charge in [0.2, 0.25) is 10.0 Å². The smallest absolute Gasteiger partial charge is 0.243 e. The maximum atomic E-state index is 13.8. The van der Waals surface area contributed by atoms with Crippen molar-refractivity contribution in [2.24, 2.45) is 5.92 Å². The number of anilines is 1. The average molecular weight is 323 g/mol. The van der Waals surface area contributed by atoms with Gasteiger partial charge in [-0.15, -0.1) is 0 Å². The molecule has 20 heavy (non-hydrogen) atoms. The summed E-state index contributed by atoms with van der Waals surface area (Å²) < 4.78 is 45.6. The number of sulfonamides is 1. The first-order valence-electron chi connectivity index (χ1n) is 6.22. The maximum absolute atomic E-state index is 13.8. The number of halogens is 2. The number of hydrogen-bond acceptors (Lipinski definition) is 4. The molecule has 1 atom stereocenters. The quantitative estimate of drug-likeness (QED) is 0.828. The molecule has 0 amide bonds. The second-order valence-electron chi connectivity index (χ2n) is 4.75. The normalized spacial score (nSPS) is 20.0. The lowest BCUT2D eigenvalue weighted by Gasteiger charge is -2.22. The Labute approximate surface area is 122 Å². The molecule has 0 saturated carbocycles. The number of benzene rings is 1. The van der Waals surface area contributed by atoms with Crippen LogP contribution in [-0.2, 0) is 14.8 Å². The van der Waals surface area contributed by atoms with E-state index in [0.717, 1.165) is 18.9 Å². The van der Waals surface area contributed by atoms with Crippen molar-refractivity contribution in [3.05, 3.63) is 23.0 Å². The molecule has 1 aliphatic heterocycles. The van der Waals surface area contributed by atoms with Gasteiger partial charge in [-0.25, -0.2) is 17.5 Å². The summed E-state index contributed by atoms with van der Waals surface area (Å²) in [6, 6.07) is 2.23. The number of nitrogens with two attached hydrogens (primary N) is 1. The van der Waals surface area contributed by atoms with E-state index in [1.165, 1.54) is 6.07 Å². The van der Waals surface area contributed by atoms with E-state index in [4.69, 9.17) is 22.1 Å². The molecule has 0 aromatic heterocycles. The van der Waals surface area contributed by atoms with Gasteiger partial charge in [-0.2, -0.15) is 0 Å². The standard InChI is InChI=1S/C12H16ClFN2O3S/c13-10-4-9(15)5-11(12(10)14)20(17,18)16-6-8-2-1-3-19-7-8/h4-5,8,16H,1-3,6-7,15H2. The van der Waals surface area contributed by atoms with Gasteiger partial charge in [-0.05, 0) is 30.9 Å². The van der Waals surface area contributed by atoms with E-state index in [2.05, 4.69) is 4.72 Å². The van der Waals surface area contributed by atoms with Crippen molar-refractivity contribution in [2.75, 3.05) is 25.5 Å². The van der Waals surface area contributed by atoms with Gasteiger partial charge in [0.25, 0.3) is 0 Å². The molecule has 1 saturated heterocycles. The van der Waals surface area contributed by atoms with Gasteiger partial charge >= 0.3 is 0 Å². The molecule has 8 heteroatoms. The van der Waals surface area contributed by atoms with Crippen LogP contribution in [0.4, 0.5) is 10.1 Å². The Morgan fingerprint density at radius 3 is 2.90 bits per heavy atom. The number of nitrogen functional groups attached to an aromatic ring is 1. The summed E-state index contributed by atoms with van der Waals surface area (Å²) in [4.78, 5) is -0.528. The topological polar surface area (TPSA) is 81.4 Å². The molecule has 1 unspecified atom stereocenters. The third-order valence-electron chi connectivity index (χ3n) is 3.12. The van der Waals surface area contributed by atoms with Crippen LogP contribution in [-0.4, -0.2) is 28.2 Å². The minimum Gasteiger partial charge on any atom is -0.399 e. The van der Waals surface area contributed by atoms with E-state index in [1.54, 1.807) is 0 Å². The fourth-order valence-corrected chi connectivity index (χ4v) is 3.58. The van der Waals surface area contributed by atoms with Crippen molar-refractivity contribution in [3.63, 3.8) is 0 Å². The van der Waals surface area contributed by atoms with E-state index in [0.29, 0.717) is 13.2 Å². The lowest BCUT2D eigenvalue weighted by molar-refractivity contribution is 0.0568. The van der Waals surface area contributed by atoms with Crippen LogP contribution >= 0.6 is 11.6 Å². The Morgan fingerprint density at radius 1 is 1.50 bits per heavy atom. The summed E-state index contributed by atoms with van der Waals surface area (Å²) in [5, 5.41) is -0.314. The van der Waals surface area contributed by atoms with Crippen LogP contribution in [0.25, 0.3) is 0 Å². The summed E-state index contributed by atoms with van der Waals surface area (Å²) in [7, 11) is -3.98. The lowest BCUT2D eigenvalue weighted by Crippen LogP contribution is -2.33. The van der Waals surface area contributed by atoms with Crippen molar-refractivity contribution in [1.29, 1.82) is 0 Å². The number of nitrogens with one attached hydrogen (secondary N) is 1. The third-order valence-corrected chi connectivity index (χ3v) is 4.82. The maximum Gasteiger partial charge on any atom is 0.243 e. The van der Waals surface area contributed by atoms with Crippen molar-refractivity contribution in [2.45, 2.75) is 17.7 Å². The lowest BCUT2D eigenvalue weighted by atomic mass is 10.0. The molecule has 0 aliphatic carbocycles. The minimum absolute atomic E-state index is 0.0952. The van der Waals surface area contributed by atoms with Crippen molar-refractivity contribution < 1.29 is 17.5 Å². The van der Waals surface area contributed by atoms with Gasteiger partial charge in [-0.3, -0.25) is 0 Å². The number of hydrogen-bond donors (Lipinski definition) is 2. The molecule has 2 rings (SSSR count). The van der Waals surface area contributed by atoms with E-state index in [9.17, 15) is 12.8 Å². The molecule has 1 aromatic rings. The second-order valence-corrected chi connectivity index (χ2v) is 6.89. The van der Waals surface area contributed by atoms with E-state index in [-0.39, 0.29) is 23.2 Å². The van der Waals surface area contributed by atoms with Gasteiger partial charge < -0.3 is 10.5 Å². The Morgan fingerprint density at radius 2 is 2.25 bits per heavy atom. The van der Waals surface area contributed by atoms with Crippen LogP contribution in [0.2, 0.25) is 5.02 Å². The van der Waals surface area contributed by atoms with Crippen LogP contribution in [0.15, 0.2) is 17.0 Å². The Kier molecular flexibility index (Phi) is 4.85. The van der Waals surface area contributed by atoms with Gasteiger partial charge in [0.15, 0.2) is 5.82 Å². The zero-order chi connectivity index (χ0) is 14.8. The molecule has 3 N–H and O–H groups in total. The van der Waals surface area contributed by atoms with Crippen LogP contribution in [0.3, 0.4) is 0 Å². The SMILES string of the molecule is Nc1cc(Cl)c(F)c(S(=O)(=O)NCC2CCCOC2)c1. The molecule has 0 spiro atoms. The largest absolute Gasteiger partial charge is 0.399 e. The highest BCUT2D eigenvalue weighted by molar-refractivity contribution is 7.89. The van der Waals surface area contributed by atoms with Crippen molar-refractivity contribution >= 4 is 27.3 Å².